The van der Waals surface area contributed by atoms with Crippen LogP contribution < -0.4 is 5.43 Å². The first-order chi connectivity index (χ1) is 10.4. The quantitative estimate of drug-likeness (QED) is 0.489. The monoisotopic (exact) mass is 322 g/mol. The van der Waals surface area contributed by atoms with Crippen LogP contribution in [0.3, 0.4) is 0 Å². The van der Waals surface area contributed by atoms with Crippen LogP contribution in [-0.4, -0.2) is 22.6 Å². The number of methoxy groups -OCH3 is 1. The zero-order valence-electron chi connectivity index (χ0n) is 11.5. The summed E-state index contributed by atoms with van der Waals surface area (Å²) in [5.74, 6) is -0.510. The minimum absolute atomic E-state index is 0.171. The summed E-state index contributed by atoms with van der Waals surface area (Å²) in [4.78, 5) is 32.9. The molecule has 0 radical (unpaired) electrons. The number of hydrogen-bond donors (Lipinski definition) is 0. The summed E-state index contributed by atoms with van der Waals surface area (Å²) in [6.45, 7) is 0.171. The molecule has 0 spiro atoms. The molecule has 22 heavy (non-hydrogen) atoms. The maximum atomic E-state index is 11.5. The molecule has 1 aromatic heterocycles. The summed E-state index contributed by atoms with van der Waals surface area (Å²) in [5.41, 5.74) is -0.307. The Balaban J connectivity index is 2.38. The predicted molar refractivity (Wildman–Crippen MR) is 79.2 cm³/mol. The fourth-order valence-corrected chi connectivity index (χ4v) is 2.06. The highest BCUT2D eigenvalue weighted by atomic mass is 35.5. The summed E-state index contributed by atoms with van der Waals surface area (Å²) < 4.78 is 6.07. The maximum Gasteiger partial charge on any atom is 0.337 e. The fourth-order valence-electron chi connectivity index (χ4n) is 1.89. The topological polar surface area (TPSA) is 91.4 Å². The smallest absolute Gasteiger partial charge is 0.337 e. The molecule has 8 heteroatoms. The van der Waals surface area contributed by atoms with Gasteiger partial charge in [0.15, 0.2) is 0 Å². The van der Waals surface area contributed by atoms with E-state index in [1.165, 1.54) is 30.0 Å². The predicted octanol–water partition coefficient (Wildman–Crippen LogP) is 2.24. The highest BCUT2D eigenvalue weighted by Crippen LogP contribution is 2.19. The second kappa shape index (κ2) is 6.40. The standard InChI is InChI=1S/C14H11ClN2O5/c1-22-14(19)9-2-3-11(15)10(6-9)7-16-5-4-13(18)12(8-16)17(20)21/h2-6,8H,7H2,1H3. The first-order valence-electron chi connectivity index (χ1n) is 6.13. The van der Waals surface area contributed by atoms with E-state index in [1.807, 2.05) is 0 Å². The molecule has 0 aliphatic heterocycles. The lowest BCUT2D eigenvalue weighted by molar-refractivity contribution is -0.386. The van der Waals surface area contributed by atoms with Gasteiger partial charge in [-0.15, -0.1) is 0 Å². The van der Waals surface area contributed by atoms with Gasteiger partial charge in [0.2, 0.25) is 0 Å². The van der Waals surface area contributed by atoms with Gasteiger partial charge in [0.1, 0.15) is 0 Å². The molecule has 1 aromatic carbocycles. The Morgan fingerprint density at radius 1 is 1.41 bits per heavy atom. The molecule has 0 aliphatic rings. The number of nitrogens with zero attached hydrogens (tertiary/aromatic N) is 2. The highest BCUT2D eigenvalue weighted by Gasteiger charge is 2.13. The van der Waals surface area contributed by atoms with Crippen molar-refractivity contribution in [3.63, 3.8) is 0 Å². The van der Waals surface area contributed by atoms with Gasteiger partial charge in [-0.3, -0.25) is 14.9 Å². The number of ether oxygens (including phenoxy) is 1. The molecule has 0 aliphatic carbocycles. The zero-order chi connectivity index (χ0) is 16.3. The van der Waals surface area contributed by atoms with Crippen LogP contribution in [0.15, 0.2) is 41.5 Å². The van der Waals surface area contributed by atoms with Crippen LogP contribution in [0.5, 0.6) is 0 Å². The number of halogens is 1. The Bertz CT molecular complexity index is 800. The first-order valence-corrected chi connectivity index (χ1v) is 6.51. The number of carbonyl (C=O) groups excluding carboxylic acids is 1. The molecule has 2 aromatic rings. The molecular formula is C14H11ClN2O5. The van der Waals surface area contributed by atoms with Gasteiger partial charge in [-0.05, 0) is 23.8 Å². The number of rotatable bonds is 4. The van der Waals surface area contributed by atoms with Crippen molar-refractivity contribution in [3.8, 4) is 0 Å². The summed E-state index contributed by atoms with van der Waals surface area (Å²) in [7, 11) is 1.27. The van der Waals surface area contributed by atoms with Gasteiger partial charge in [-0.25, -0.2) is 4.79 Å². The van der Waals surface area contributed by atoms with Crippen molar-refractivity contribution in [3.05, 3.63) is 73.1 Å². The van der Waals surface area contributed by atoms with Gasteiger partial charge >= 0.3 is 11.7 Å². The third kappa shape index (κ3) is 3.32. The lowest BCUT2D eigenvalue weighted by Crippen LogP contribution is -2.12. The average Bonchev–Trinajstić information content (AvgIpc) is 2.50. The zero-order valence-corrected chi connectivity index (χ0v) is 12.2. The van der Waals surface area contributed by atoms with Crippen LogP contribution in [0.2, 0.25) is 5.02 Å². The number of esters is 1. The molecular weight excluding hydrogens is 312 g/mol. The minimum atomic E-state index is -0.745. The molecule has 2 rings (SSSR count). The molecule has 0 bridgehead atoms. The number of benzene rings is 1. The third-order valence-electron chi connectivity index (χ3n) is 2.97. The lowest BCUT2D eigenvalue weighted by Gasteiger charge is -2.09. The van der Waals surface area contributed by atoms with E-state index in [0.717, 1.165) is 12.3 Å². The lowest BCUT2D eigenvalue weighted by atomic mass is 10.1. The number of hydrogen-bond acceptors (Lipinski definition) is 5. The average molecular weight is 323 g/mol. The summed E-state index contributed by atoms with van der Waals surface area (Å²) in [5, 5.41) is 11.2. The van der Waals surface area contributed by atoms with E-state index in [0.29, 0.717) is 16.1 Å². The molecule has 0 amide bonds. The highest BCUT2D eigenvalue weighted by molar-refractivity contribution is 6.31. The number of carbonyl (C=O) groups is 1. The Morgan fingerprint density at radius 2 is 2.14 bits per heavy atom. The van der Waals surface area contributed by atoms with Crippen molar-refractivity contribution < 1.29 is 14.5 Å². The SMILES string of the molecule is COC(=O)c1ccc(Cl)c(Cn2ccc(=O)c([N+](=O)[O-])c2)c1. The van der Waals surface area contributed by atoms with Gasteiger partial charge in [0.05, 0.1) is 23.8 Å². The van der Waals surface area contributed by atoms with Gasteiger partial charge in [-0.1, -0.05) is 11.6 Å². The Morgan fingerprint density at radius 3 is 2.77 bits per heavy atom. The molecule has 0 fully saturated rings. The van der Waals surface area contributed by atoms with E-state index in [2.05, 4.69) is 4.74 Å². The van der Waals surface area contributed by atoms with Crippen molar-refractivity contribution >= 4 is 23.3 Å². The number of aromatic nitrogens is 1. The Hall–Kier alpha value is -2.67. The van der Waals surface area contributed by atoms with E-state index in [1.54, 1.807) is 6.07 Å². The van der Waals surface area contributed by atoms with Gasteiger partial charge in [-0.2, -0.15) is 0 Å². The normalized spacial score (nSPS) is 10.3. The van der Waals surface area contributed by atoms with Crippen molar-refractivity contribution in [2.24, 2.45) is 0 Å². The van der Waals surface area contributed by atoms with E-state index in [-0.39, 0.29) is 6.54 Å². The minimum Gasteiger partial charge on any atom is -0.465 e. The van der Waals surface area contributed by atoms with Crippen molar-refractivity contribution in [1.82, 2.24) is 4.57 Å². The van der Waals surface area contributed by atoms with Crippen LogP contribution in [0.1, 0.15) is 15.9 Å². The summed E-state index contributed by atoms with van der Waals surface area (Å²) >= 11 is 6.07. The maximum absolute atomic E-state index is 11.5. The van der Waals surface area contributed by atoms with E-state index in [9.17, 15) is 19.7 Å². The number of nitro groups is 1. The second-order valence-corrected chi connectivity index (χ2v) is 4.83. The molecule has 0 N–H and O–H groups in total. The Kier molecular flexibility index (Phi) is 4.57. The van der Waals surface area contributed by atoms with Gasteiger partial charge in [0.25, 0.3) is 5.43 Å². The molecule has 1 heterocycles. The molecule has 0 saturated heterocycles. The summed E-state index contributed by atoms with van der Waals surface area (Å²) in [6.07, 6.45) is 2.54. The fraction of sp³-hybridized carbons (Fsp3) is 0.143. The largest absolute Gasteiger partial charge is 0.465 e. The molecule has 0 atom stereocenters. The molecule has 7 nitrogen and oxygen atoms in total. The van der Waals surface area contributed by atoms with Crippen LogP contribution in [0.25, 0.3) is 0 Å². The van der Waals surface area contributed by atoms with Crippen LogP contribution in [0.4, 0.5) is 5.69 Å². The van der Waals surface area contributed by atoms with Crippen LogP contribution in [0, 0.1) is 10.1 Å². The number of pyridine rings is 1. The van der Waals surface area contributed by atoms with Crippen molar-refractivity contribution in [2.45, 2.75) is 6.54 Å². The van der Waals surface area contributed by atoms with Gasteiger partial charge < -0.3 is 9.30 Å². The molecule has 0 saturated carbocycles. The van der Waals surface area contributed by atoms with Crippen molar-refractivity contribution in [1.29, 1.82) is 0 Å². The van der Waals surface area contributed by atoms with Gasteiger partial charge in [0, 0.05) is 23.8 Å². The van der Waals surface area contributed by atoms with E-state index >= 15 is 0 Å². The van der Waals surface area contributed by atoms with E-state index < -0.39 is 22.0 Å². The third-order valence-corrected chi connectivity index (χ3v) is 3.34. The van der Waals surface area contributed by atoms with Crippen LogP contribution >= 0.6 is 11.6 Å². The van der Waals surface area contributed by atoms with Crippen LogP contribution in [-0.2, 0) is 11.3 Å². The second-order valence-electron chi connectivity index (χ2n) is 4.42. The van der Waals surface area contributed by atoms with E-state index in [4.69, 9.17) is 11.6 Å². The first kappa shape index (κ1) is 15.7. The molecule has 0 unspecified atom stereocenters. The Labute approximate surface area is 129 Å². The van der Waals surface area contributed by atoms with Crippen molar-refractivity contribution in [2.75, 3.05) is 7.11 Å². The summed E-state index contributed by atoms with van der Waals surface area (Å²) in [6, 6.07) is 5.71. The molecule has 114 valence electrons.